The van der Waals surface area contributed by atoms with Crippen molar-refractivity contribution in [3.05, 3.63) is 28.3 Å². The molecule has 2 nitrogen and oxygen atoms in total. The number of unbranched alkanes of at least 4 members (excludes halogenated alkanes) is 1. The summed E-state index contributed by atoms with van der Waals surface area (Å²) in [5.74, 6) is 1.06. The Balaban J connectivity index is 3.01. The summed E-state index contributed by atoms with van der Waals surface area (Å²) in [6.45, 7) is 7.19. The Bertz CT molecular complexity index is 358. The van der Waals surface area contributed by atoms with Gasteiger partial charge in [-0.15, -0.1) is 0 Å². The van der Waals surface area contributed by atoms with Crippen molar-refractivity contribution < 1.29 is 4.74 Å². The van der Waals surface area contributed by atoms with E-state index in [-0.39, 0.29) is 0 Å². The Morgan fingerprint density at radius 1 is 1.12 bits per heavy atom. The van der Waals surface area contributed by atoms with Crippen molar-refractivity contribution in [2.75, 3.05) is 13.7 Å². The minimum atomic E-state index is 0.770. The van der Waals surface area contributed by atoms with E-state index in [0.29, 0.717) is 0 Å². The summed E-state index contributed by atoms with van der Waals surface area (Å²) in [4.78, 5) is 0. The summed E-state index contributed by atoms with van der Waals surface area (Å²) in [7, 11) is 1.76. The molecule has 0 aliphatic carbocycles. The van der Waals surface area contributed by atoms with Crippen molar-refractivity contribution in [1.29, 1.82) is 0 Å². The van der Waals surface area contributed by atoms with Crippen LogP contribution in [-0.2, 0) is 6.42 Å². The van der Waals surface area contributed by atoms with Crippen LogP contribution < -0.4 is 10.5 Å². The van der Waals surface area contributed by atoms with Crippen LogP contribution in [0.4, 0.5) is 0 Å². The first kappa shape index (κ1) is 13.0. The molecule has 2 heteroatoms. The SMILES string of the molecule is COc1c(C)c(C)cc(C)c1CCCCN. The van der Waals surface area contributed by atoms with Crippen LogP contribution in [0.1, 0.15) is 35.1 Å². The average Bonchev–Trinajstić information content (AvgIpc) is 2.26. The molecule has 0 heterocycles. The van der Waals surface area contributed by atoms with Gasteiger partial charge in [-0.05, 0) is 68.8 Å². The van der Waals surface area contributed by atoms with E-state index < -0.39 is 0 Å². The third-order valence-electron chi connectivity index (χ3n) is 3.20. The zero-order valence-corrected chi connectivity index (χ0v) is 10.9. The number of rotatable bonds is 5. The summed E-state index contributed by atoms with van der Waals surface area (Å²) in [5, 5.41) is 0. The highest BCUT2D eigenvalue weighted by atomic mass is 16.5. The molecule has 16 heavy (non-hydrogen) atoms. The molecule has 0 aliphatic rings. The maximum Gasteiger partial charge on any atom is 0.125 e. The predicted molar refractivity (Wildman–Crippen MR) is 69.2 cm³/mol. The minimum absolute atomic E-state index is 0.770. The van der Waals surface area contributed by atoms with Gasteiger partial charge in [0.1, 0.15) is 5.75 Å². The van der Waals surface area contributed by atoms with Gasteiger partial charge in [0, 0.05) is 0 Å². The molecule has 0 spiro atoms. The molecule has 0 bridgehead atoms. The molecule has 0 unspecified atom stereocenters. The van der Waals surface area contributed by atoms with E-state index in [2.05, 4.69) is 26.8 Å². The lowest BCUT2D eigenvalue weighted by Gasteiger charge is -2.16. The fraction of sp³-hybridized carbons (Fsp3) is 0.571. The lowest BCUT2D eigenvalue weighted by atomic mass is 9.95. The molecule has 1 rings (SSSR count). The summed E-state index contributed by atoms with van der Waals surface area (Å²) >= 11 is 0. The van der Waals surface area contributed by atoms with Crippen LogP contribution >= 0.6 is 0 Å². The number of hydrogen-bond acceptors (Lipinski definition) is 2. The molecule has 0 aliphatic heterocycles. The minimum Gasteiger partial charge on any atom is -0.496 e. The molecule has 0 radical (unpaired) electrons. The summed E-state index contributed by atoms with van der Waals surface area (Å²) in [5.41, 5.74) is 10.8. The quantitative estimate of drug-likeness (QED) is 0.776. The van der Waals surface area contributed by atoms with Crippen molar-refractivity contribution >= 4 is 0 Å². The first-order valence-electron chi connectivity index (χ1n) is 5.95. The Labute approximate surface area is 98.8 Å². The van der Waals surface area contributed by atoms with Crippen LogP contribution in [0.2, 0.25) is 0 Å². The molecule has 0 saturated heterocycles. The van der Waals surface area contributed by atoms with Crippen LogP contribution in [0.15, 0.2) is 6.07 Å². The molecule has 0 saturated carbocycles. The number of nitrogens with two attached hydrogens (primary N) is 1. The highest BCUT2D eigenvalue weighted by Gasteiger charge is 2.11. The monoisotopic (exact) mass is 221 g/mol. The van der Waals surface area contributed by atoms with Gasteiger partial charge in [-0.3, -0.25) is 0 Å². The molecule has 0 fully saturated rings. The Kier molecular flexibility index (Phi) is 4.81. The number of benzene rings is 1. The number of methoxy groups -OCH3 is 1. The van der Waals surface area contributed by atoms with Crippen LogP contribution in [0, 0.1) is 20.8 Å². The van der Waals surface area contributed by atoms with Crippen molar-refractivity contribution in [3.8, 4) is 5.75 Å². The Hall–Kier alpha value is -1.02. The lowest BCUT2D eigenvalue weighted by molar-refractivity contribution is 0.405. The lowest BCUT2D eigenvalue weighted by Crippen LogP contribution is -2.03. The largest absolute Gasteiger partial charge is 0.496 e. The highest BCUT2D eigenvalue weighted by molar-refractivity contribution is 5.49. The van der Waals surface area contributed by atoms with Crippen molar-refractivity contribution in [3.63, 3.8) is 0 Å². The standard InChI is InChI=1S/C14H23NO/c1-10-9-11(2)13(7-5-6-8-15)14(16-4)12(10)3/h9H,5-8,15H2,1-4H3. The van der Waals surface area contributed by atoms with Gasteiger partial charge in [-0.1, -0.05) is 6.07 Å². The van der Waals surface area contributed by atoms with Crippen molar-refractivity contribution in [2.24, 2.45) is 5.73 Å². The predicted octanol–water partition coefficient (Wildman–Crippen LogP) is 2.90. The zero-order valence-electron chi connectivity index (χ0n) is 10.9. The van der Waals surface area contributed by atoms with Gasteiger partial charge in [-0.25, -0.2) is 0 Å². The van der Waals surface area contributed by atoms with E-state index in [4.69, 9.17) is 10.5 Å². The van der Waals surface area contributed by atoms with Crippen molar-refractivity contribution in [1.82, 2.24) is 0 Å². The first-order valence-corrected chi connectivity index (χ1v) is 5.95. The molecule has 1 aromatic carbocycles. The van der Waals surface area contributed by atoms with Crippen LogP contribution in [0.3, 0.4) is 0 Å². The maximum atomic E-state index is 5.54. The van der Waals surface area contributed by atoms with Gasteiger partial charge in [0.2, 0.25) is 0 Å². The Morgan fingerprint density at radius 3 is 2.38 bits per heavy atom. The highest BCUT2D eigenvalue weighted by Crippen LogP contribution is 2.30. The van der Waals surface area contributed by atoms with E-state index in [0.717, 1.165) is 31.6 Å². The second kappa shape index (κ2) is 5.90. The number of hydrogen-bond donors (Lipinski definition) is 1. The molecular weight excluding hydrogens is 198 g/mol. The van der Waals surface area contributed by atoms with Gasteiger partial charge >= 0.3 is 0 Å². The molecule has 0 aromatic heterocycles. The van der Waals surface area contributed by atoms with Crippen LogP contribution in [0.25, 0.3) is 0 Å². The summed E-state index contributed by atoms with van der Waals surface area (Å²) < 4.78 is 5.54. The van der Waals surface area contributed by atoms with Crippen LogP contribution in [0.5, 0.6) is 5.75 Å². The molecule has 0 amide bonds. The second-order valence-electron chi connectivity index (χ2n) is 4.39. The summed E-state index contributed by atoms with van der Waals surface area (Å²) in [6, 6.07) is 2.25. The van der Waals surface area contributed by atoms with Gasteiger partial charge in [0.25, 0.3) is 0 Å². The van der Waals surface area contributed by atoms with Crippen LogP contribution in [-0.4, -0.2) is 13.7 Å². The molecule has 2 N–H and O–H groups in total. The van der Waals surface area contributed by atoms with E-state index in [1.807, 2.05) is 0 Å². The fourth-order valence-electron chi connectivity index (χ4n) is 2.14. The average molecular weight is 221 g/mol. The van der Waals surface area contributed by atoms with Gasteiger partial charge in [0.15, 0.2) is 0 Å². The molecule has 90 valence electrons. The fourth-order valence-corrected chi connectivity index (χ4v) is 2.14. The summed E-state index contributed by atoms with van der Waals surface area (Å²) in [6.07, 6.45) is 3.28. The van der Waals surface area contributed by atoms with Crippen molar-refractivity contribution in [2.45, 2.75) is 40.0 Å². The molecule has 1 aromatic rings. The maximum absolute atomic E-state index is 5.54. The first-order chi connectivity index (χ1) is 7.61. The number of aryl methyl sites for hydroxylation is 2. The van der Waals surface area contributed by atoms with E-state index in [1.165, 1.54) is 22.3 Å². The third-order valence-corrected chi connectivity index (χ3v) is 3.20. The van der Waals surface area contributed by atoms with E-state index in [1.54, 1.807) is 7.11 Å². The van der Waals surface area contributed by atoms with Gasteiger partial charge < -0.3 is 10.5 Å². The Morgan fingerprint density at radius 2 is 1.81 bits per heavy atom. The zero-order chi connectivity index (χ0) is 12.1. The topological polar surface area (TPSA) is 35.2 Å². The van der Waals surface area contributed by atoms with Gasteiger partial charge in [-0.2, -0.15) is 0 Å². The number of ether oxygens (including phenoxy) is 1. The molecule has 0 atom stereocenters. The molecular formula is C14H23NO. The third kappa shape index (κ3) is 2.76. The van der Waals surface area contributed by atoms with Gasteiger partial charge in [0.05, 0.1) is 7.11 Å². The van der Waals surface area contributed by atoms with E-state index in [9.17, 15) is 0 Å². The second-order valence-corrected chi connectivity index (χ2v) is 4.39. The normalized spacial score (nSPS) is 10.6. The smallest absolute Gasteiger partial charge is 0.125 e. The van der Waals surface area contributed by atoms with E-state index >= 15 is 0 Å².